The Bertz CT molecular complexity index is 402. The lowest BCUT2D eigenvalue weighted by Gasteiger charge is -2.18. The zero-order chi connectivity index (χ0) is 13.5. The summed E-state index contributed by atoms with van der Waals surface area (Å²) in [6, 6.07) is 7.57. The highest BCUT2D eigenvalue weighted by Crippen LogP contribution is 2.14. The molecule has 0 aromatic heterocycles. The highest BCUT2D eigenvalue weighted by molar-refractivity contribution is 5.85. The van der Waals surface area contributed by atoms with Crippen molar-refractivity contribution in [2.45, 2.75) is 19.4 Å². The Morgan fingerprint density at radius 2 is 1.94 bits per heavy atom. The molecule has 0 spiro atoms. The summed E-state index contributed by atoms with van der Waals surface area (Å²) in [5.41, 5.74) is 6.01. The fraction of sp³-hybridized carbons (Fsp3) is 0.385. The van der Waals surface area contributed by atoms with Gasteiger partial charge >= 0.3 is 5.97 Å². The molecule has 1 amide bonds. The summed E-state index contributed by atoms with van der Waals surface area (Å²) < 4.78 is 0. The van der Waals surface area contributed by atoms with Gasteiger partial charge in [-0.15, -0.1) is 0 Å². The van der Waals surface area contributed by atoms with Gasteiger partial charge in [0.1, 0.15) is 0 Å². The van der Waals surface area contributed by atoms with Gasteiger partial charge in [-0.1, -0.05) is 37.3 Å². The van der Waals surface area contributed by atoms with Crippen LogP contribution in [0.25, 0.3) is 0 Å². The number of carboxylic acid groups (broad SMARTS) is 1. The Hall–Kier alpha value is -1.88. The summed E-state index contributed by atoms with van der Waals surface area (Å²) in [5, 5.41) is 11.7. The second kappa shape index (κ2) is 6.76. The van der Waals surface area contributed by atoms with Crippen LogP contribution < -0.4 is 11.1 Å². The number of carbonyl (C=O) groups is 2. The first kappa shape index (κ1) is 14.2. The Labute approximate surface area is 106 Å². The predicted octanol–water partition coefficient (Wildman–Crippen LogP) is 0.913. The van der Waals surface area contributed by atoms with E-state index in [0.717, 1.165) is 0 Å². The van der Waals surface area contributed by atoms with Crippen LogP contribution in [0.3, 0.4) is 0 Å². The Kier molecular flexibility index (Phi) is 5.32. The van der Waals surface area contributed by atoms with Crippen LogP contribution in [0.4, 0.5) is 0 Å². The van der Waals surface area contributed by atoms with Gasteiger partial charge < -0.3 is 16.2 Å². The first-order chi connectivity index (χ1) is 8.60. The highest BCUT2D eigenvalue weighted by Gasteiger charge is 2.24. The van der Waals surface area contributed by atoms with Crippen molar-refractivity contribution in [3.8, 4) is 0 Å². The lowest BCUT2D eigenvalue weighted by molar-refractivity contribution is -0.142. The number of hydrogen-bond acceptors (Lipinski definition) is 3. The van der Waals surface area contributed by atoms with Crippen LogP contribution in [0, 0.1) is 5.92 Å². The number of benzene rings is 1. The van der Waals surface area contributed by atoms with Crippen molar-refractivity contribution in [1.29, 1.82) is 0 Å². The molecule has 1 rings (SSSR count). The molecule has 1 aromatic carbocycles. The summed E-state index contributed by atoms with van der Waals surface area (Å²) in [6.45, 7) is 2.05. The first-order valence-electron chi connectivity index (χ1n) is 5.88. The van der Waals surface area contributed by atoms with Gasteiger partial charge in [0.05, 0.1) is 0 Å². The maximum atomic E-state index is 11.8. The molecule has 1 unspecified atom stereocenters. The molecular formula is C13H18N2O3. The lowest BCUT2D eigenvalue weighted by Crippen LogP contribution is -2.40. The van der Waals surface area contributed by atoms with E-state index in [1.54, 1.807) is 30.3 Å². The van der Waals surface area contributed by atoms with E-state index in [-0.39, 0.29) is 18.4 Å². The van der Waals surface area contributed by atoms with Gasteiger partial charge in [-0.3, -0.25) is 4.79 Å². The quantitative estimate of drug-likeness (QED) is 0.699. The smallest absolute Gasteiger partial charge is 0.330 e. The lowest BCUT2D eigenvalue weighted by atomic mass is 10.0. The third kappa shape index (κ3) is 3.56. The van der Waals surface area contributed by atoms with E-state index in [1.807, 2.05) is 6.92 Å². The average Bonchev–Trinajstić information content (AvgIpc) is 2.38. The van der Waals surface area contributed by atoms with Crippen molar-refractivity contribution in [2.24, 2.45) is 11.7 Å². The molecule has 5 nitrogen and oxygen atoms in total. The summed E-state index contributed by atoms with van der Waals surface area (Å²) in [4.78, 5) is 23.0. The van der Waals surface area contributed by atoms with Crippen molar-refractivity contribution in [3.05, 3.63) is 35.9 Å². The third-order valence-electron chi connectivity index (χ3n) is 2.81. The third-order valence-corrected chi connectivity index (χ3v) is 2.81. The average molecular weight is 250 g/mol. The molecule has 2 atom stereocenters. The number of nitrogens with one attached hydrogen (secondary N) is 1. The summed E-state index contributed by atoms with van der Waals surface area (Å²) >= 11 is 0. The van der Waals surface area contributed by atoms with Crippen molar-refractivity contribution in [2.75, 3.05) is 6.54 Å². The molecule has 0 saturated carbocycles. The molecule has 0 aliphatic rings. The van der Waals surface area contributed by atoms with Crippen LogP contribution in [-0.2, 0) is 9.59 Å². The van der Waals surface area contributed by atoms with Crippen LogP contribution in [0.1, 0.15) is 24.9 Å². The van der Waals surface area contributed by atoms with E-state index in [0.29, 0.717) is 12.0 Å². The number of carboxylic acids is 1. The van der Waals surface area contributed by atoms with Gasteiger partial charge in [0.2, 0.25) is 5.91 Å². The van der Waals surface area contributed by atoms with Crippen molar-refractivity contribution in [3.63, 3.8) is 0 Å². The van der Waals surface area contributed by atoms with Crippen molar-refractivity contribution in [1.82, 2.24) is 5.32 Å². The van der Waals surface area contributed by atoms with Gasteiger partial charge in [-0.05, 0) is 12.0 Å². The number of amides is 1. The number of hydrogen-bond donors (Lipinski definition) is 3. The number of nitrogens with two attached hydrogens (primary N) is 1. The fourth-order valence-corrected chi connectivity index (χ4v) is 1.65. The fourth-order valence-electron chi connectivity index (χ4n) is 1.65. The van der Waals surface area contributed by atoms with Crippen molar-refractivity contribution >= 4 is 11.9 Å². The molecule has 4 N–H and O–H groups in total. The summed E-state index contributed by atoms with van der Waals surface area (Å²) in [7, 11) is 0. The normalized spacial score (nSPS) is 13.7. The zero-order valence-electron chi connectivity index (χ0n) is 10.3. The summed E-state index contributed by atoms with van der Waals surface area (Å²) in [5.74, 6) is -1.76. The maximum absolute atomic E-state index is 11.8. The molecule has 1 aromatic rings. The highest BCUT2D eigenvalue weighted by atomic mass is 16.4. The van der Waals surface area contributed by atoms with E-state index < -0.39 is 12.0 Å². The molecule has 0 radical (unpaired) electrons. The van der Waals surface area contributed by atoms with E-state index in [1.165, 1.54) is 0 Å². The predicted molar refractivity (Wildman–Crippen MR) is 67.8 cm³/mol. The van der Waals surface area contributed by atoms with Gasteiger partial charge in [0, 0.05) is 12.5 Å². The van der Waals surface area contributed by atoms with Crippen LogP contribution >= 0.6 is 0 Å². The molecule has 0 aliphatic carbocycles. The minimum atomic E-state index is -1.08. The Balaban J connectivity index is 2.82. The number of carbonyl (C=O) groups excluding carboxylic acids is 1. The monoisotopic (exact) mass is 250 g/mol. The van der Waals surface area contributed by atoms with Crippen LogP contribution in [0.5, 0.6) is 0 Å². The maximum Gasteiger partial charge on any atom is 0.330 e. The zero-order valence-corrected chi connectivity index (χ0v) is 10.3. The minimum absolute atomic E-state index is 0.212. The standard InChI is InChI=1S/C13H18N2O3/c1-2-9(8-14)12(16)15-11(13(17)18)10-6-4-3-5-7-10/h3-7,9,11H,2,8,14H2,1H3,(H,15,16)(H,17,18)/t9?,11-/m1/s1. The van der Waals surface area contributed by atoms with E-state index in [2.05, 4.69) is 5.32 Å². The second-order valence-corrected chi connectivity index (χ2v) is 4.03. The molecule has 0 aliphatic heterocycles. The van der Waals surface area contributed by atoms with Gasteiger partial charge in [0.25, 0.3) is 0 Å². The van der Waals surface area contributed by atoms with Crippen LogP contribution in [0.15, 0.2) is 30.3 Å². The van der Waals surface area contributed by atoms with Crippen LogP contribution in [-0.4, -0.2) is 23.5 Å². The van der Waals surface area contributed by atoms with E-state index in [4.69, 9.17) is 10.8 Å². The van der Waals surface area contributed by atoms with E-state index >= 15 is 0 Å². The second-order valence-electron chi connectivity index (χ2n) is 4.03. The van der Waals surface area contributed by atoms with Crippen molar-refractivity contribution < 1.29 is 14.7 Å². The van der Waals surface area contributed by atoms with Gasteiger partial charge in [-0.25, -0.2) is 4.79 Å². The number of aliphatic carboxylic acids is 1. The first-order valence-corrected chi connectivity index (χ1v) is 5.88. The van der Waals surface area contributed by atoms with E-state index in [9.17, 15) is 9.59 Å². The Morgan fingerprint density at radius 3 is 2.39 bits per heavy atom. The topological polar surface area (TPSA) is 92.4 Å². The molecule has 0 bridgehead atoms. The molecule has 0 saturated heterocycles. The summed E-state index contributed by atoms with van der Waals surface area (Å²) in [6.07, 6.45) is 0.587. The molecule has 18 heavy (non-hydrogen) atoms. The van der Waals surface area contributed by atoms with Gasteiger partial charge in [-0.2, -0.15) is 0 Å². The SMILES string of the molecule is CCC(CN)C(=O)N[C@@H](C(=O)O)c1ccccc1. The molecule has 0 fully saturated rings. The molecular weight excluding hydrogens is 232 g/mol. The van der Waals surface area contributed by atoms with Crippen LogP contribution in [0.2, 0.25) is 0 Å². The molecule has 5 heteroatoms. The molecule has 98 valence electrons. The Morgan fingerprint density at radius 1 is 1.33 bits per heavy atom. The number of rotatable bonds is 6. The minimum Gasteiger partial charge on any atom is -0.479 e. The molecule has 0 heterocycles. The largest absolute Gasteiger partial charge is 0.479 e. The van der Waals surface area contributed by atoms with Gasteiger partial charge in [0.15, 0.2) is 6.04 Å².